The second kappa shape index (κ2) is 11.6. The molecule has 6 heteroatoms. The lowest BCUT2D eigenvalue weighted by atomic mass is 9.91. The maximum absolute atomic E-state index is 14.3. The Morgan fingerprint density at radius 3 is 2.48 bits per heavy atom. The van der Waals surface area contributed by atoms with E-state index < -0.39 is 17.5 Å². The number of aliphatic hydroxyl groups is 1. The number of halogens is 1. The zero-order chi connectivity index (χ0) is 23.0. The van der Waals surface area contributed by atoms with Gasteiger partial charge in [-0.15, -0.1) is 0 Å². The minimum atomic E-state index is -0.559. The van der Waals surface area contributed by atoms with Crippen molar-refractivity contribution in [3.05, 3.63) is 35.1 Å². The molecule has 1 amide bonds. The Balaban J connectivity index is 1.68. The average molecular weight is 436 g/mol. The molecule has 0 radical (unpaired) electrons. The summed E-state index contributed by atoms with van der Waals surface area (Å²) in [4.78, 5) is 26.0. The number of aliphatic hydroxyl groups excluding tert-OH is 1. The molecule has 1 heterocycles. The first-order valence-corrected chi connectivity index (χ1v) is 11.5. The number of hydrogen-bond donors (Lipinski definition) is 1. The van der Waals surface area contributed by atoms with Crippen LogP contribution in [0.2, 0.25) is 0 Å². The highest BCUT2D eigenvalue weighted by molar-refractivity contribution is 5.96. The summed E-state index contributed by atoms with van der Waals surface area (Å²) in [6, 6.07) is 4.87. The fourth-order valence-corrected chi connectivity index (χ4v) is 3.91. The number of nitrogens with zero attached hydrogens (tertiary/aromatic N) is 1. The monoisotopic (exact) mass is 435 g/mol. The molecular formula is C25H38FNO4. The molecule has 1 atom stereocenters. The molecule has 0 bridgehead atoms. The third kappa shape index (κ3) is 8.98. The van der Waals surface area contributed by atoms with Crippen LogP contribution in [0, 0.1) is 11.7 Å². The van der Waals surface area contributed by atoms with Gasteiger partial charge in [0.05, 0.1) is 11.7 Å². The number of carbonyl (C=O) groups is 2. The quantitative estimate of drug-likeness (QED) is 0.409. The Bertz CT molecular complexity index is 734. The van der Waals surface area contributed by atoms with Crippen LogP contribution < -0.4 is 0 Å². The summed E-state index contributed by atoms with van der Waals surface area (Å²) in [5.74, 6) is -0.116. The highest BCUT2D eigenvalue weighted by atomic mass is 19.1. The summed E-state index contributed by atoms with van der Waals surface area (Å²) < 4.78 is 19.7. The number of Topliss-reactive ketones (excluding diaryl/α,β-unsaturated/α-hetero) is 1. The summed E-state index contributed by atoms with van der Waals surface area (Å²) in [5.41, 5.74) is 0.558. The summed E-state index contributed by atoms with van der Waals surface area (Å²) in [6.07, 6.45) is 5.65. The molecule has 174 valence electrons. The number of benzene rings is 1. The molecule has 1 saturated heterocycles. The maximum atomic E-state index is 14.3. The van der Waals surface area contributed by atoms with Crippen molar-refractivity contribution in [2.45, 2.75) is 90.8 Å². The van der Waals surface area contributed by atoms with Gasteiger partial charge in [0.2, 0.25) is 0 Å². The lowest BCUT2D eigenvalue weighted by Crippen LogP contribution is -2.41. The molecule has 1 aromatic rings. The van der Waals surface area contributed by atoms with Crippen LogP contribution in [-0.4, -0.2) is 46.7 Å². The topological polar surface area (TPSA) is 66.8 Å². The molecule has 31 heavy (non-hydrogen) atoms. The predicted octanol–water partition coefficient (Wildman–Crippen LogP) is 5.53. The van der Waals surface area contributed by atoms with Crippen molar-refractivity contribution in [2.75, 3.05) is 13.1 Å². The molecule has 0 spiro atoms. The number of rotatable bonds is 9. The molecule has 1 fully saturated rings. The van der Waals surface area contributed by atoms with Crippen LogP contribution in [0.3, 0.4) is 0 Å². The standard InChI is InChI=1S/C25H38FNO4/c1-18(28)9-12-23(29)21-11-10-20(17-22(21)26)8-6-5-7-19-13-15-27(16-14-19)24(30)31-25(2,3)4/h10-11,17-19,28H,5-9,12-16H2,1-4H3. The van der Waals surface area contributed by atoms with Gasteiger partial charge in [-0.2, -0.15) is 0 Å². The SMILES string of the molecule is CC(O)CCC(=O)c1ccc(CCCCC2CCN(C(=O)OC(C)(C)C)CC2)cc1F. The molecule has 1 aliphatic heterocycles. The molecule has 0 saturated carbocycles. The Morgan fingerprint density at radius 2 is 1.90 bits per heavy atom. The molecule has 0 aliphatic carbocycles. The predicted molar refractivity (Wildman–Crippen MR) is 120 cm³/mol. The van der Waals surface area contributed by atoms with Crippen molar-refractivity contribution >= 4 is 11.9 Å². The van der Waals surface area contributed by atoms with E-state index in [2.05, 4.69) is 0 Å². The van der Waals surface area contributed by atoms with Gasteiger partial charge in [0.25, 0.3) is 0 Å². The highest BCUT2D eigenvalue weighted by Crippen LogP contribution is 2.24. The zero-order valence-corrected chi connectivity index (χ0v) is 19.5. The van der Waals surface area contributed by atoms with Gasteiger partial charge in [-0.1, -0.05) is 18.9 Å². The molecular weight excluding hydrogens is 397 g/mol. The number of likely N-dealkylation sites (tertiary alicyclic amines) is 1. The van der Waals surface area contributed by atoms with Gasteiger partial charge in [-0.3, -0.25) is 4.79 Å². The van der Waals surface area contributed by atoms with Crippen molar-refractivity contribution in [2.24, 2.45) is 5.92 Å². The third-order valence-electron chi connectivity index (χ3n) is 5.72. The van der Waals surface area contributed by atoms with Crippen molar-refractivity contribution in [3.8, 4) is 0 Å². The number of aryl methyl sites for hydroxylation is 1. The van der Waals surface area contributed by atoms with Crippen LogP contribution in [0.25, 0.3) is 0 Å². The minimum absolute atomic E-state index is 0.112. The van der Waals surface area contributed by atoms with E-state index in [0.717, 1.165) is 57.2 Å². The van der Waals surface area contributed by atoms with E-state index in [1.807, 2.05) is 26.8 Å². The van der Waals surface area contributed by atoms with Crippen molar-refractivity contribution in [1.82, 2.24) is 4.90 Å². The lowest BCUT2D eigenvalue weighted by Gasteiger charge is -2.33. The minimum Gasteiger partial charge on any atom is -0.444 e. The lowest BCUT2D eigenvalue weighted by molar-refractivity contribution is 0.0180. The van der Waals surface area contributed by atoms with Gasteiger partial charge >= 0.3 is 6.09 Å². The van der Waals surface area contributed by atoms with E-state index in [-0.39, 0.29) is 23.9 Å². The van der Waals surface area contributed by atoms with Gasteiger partial charge in [0.15, 0.2) is 5.78 Å². The van der Waals surface area contributed by atoms with Crippen molar-refractivity contribution in [1.29, 1.82) is 0 Å². The fraction of sp³-hybridized carbons (Fsp3) is 0.680. The normalized spacial score (nSPS) is 16.3. The number of ketones is 1. The van der Waals surface area contributed by atoms with E-state index in [1.54, 1.807) is 17.9 Å². The largest absolute Gasteiger partial charge is 0.444 e. The summed E-state index contributed by atoms with van der Waals surface area (Å²) >= 11 is 0. The summed E-state index contributed by atoms with van der Waals surface area (Å²) in [7, 11) is 0. The molecule has 1 aromatic carbocycles. The number of piperidine rings is 1. The van der Waals surface area contributed by atoms with E-state index in [1.165, 1.54) is 6.07 Å². The number of hydrogen-bond acceptors (Lipinski definition) is 4. The molecule has 1 unspecified atom stereocenters. The van der Waals surface area contributed by atoms with Crippen LogP contribution >= 0.6 is 0 Å². The number of unbranched alkanes of at least 4 members (excludes halogenated alkanes) is 1. The van der Waals surface area contributed by atoms with Gasteiger partial charge in [0, 0.05) is 19.5 Å². The first-order valence-electron chi connectivity index (χ1n) is 11.5. The van der Waals surface area contributed by atoms with Gasteiger partial charge in [0.1, 0.15) is 11.4 Å². The first kappa shape index (κ1) is 25.3. The van der Waals surface area contributed by atoms with E-state index in [9.17, 15) is 19.1 Å². The van der Waals surface area contributed by atoms with Crippen molar-refractivity contribution in [3.63, 3.8) is 0 Å². The Morgan fingerprint density at radius 1 is 1.23 bits per heavy atom. The zero-order valence-electron chi connectivity index (χ0n) is 19.5. The maximum Gasteiger partial charge on any atom is 0.410 e. The number of ether oxygens (including phenoxy) is 1. The van der Waals surface area contributed by atoms with Crippen LogP contribution in [0.1, 0.15) is 88.6 Å². The summed E-state index contributed by atoms with van der Waals surface area (Å²) in [5, 5.41) is 9.29. The second-order valence-corrected chi connectivity index (χ2v) is 9.78. The fourth-order valence-electron chi connectivity index (χ4n) is 3.91. The highest BCUT2D eigenvalue weighted by Gasteiger charge is 2.26. The first-order chi connectivity index (χ1) is 14.5. The molecule has 1 N–H and O–H groups in total. The Hall–Kier alpha value is -1.95. The smallest absolute Gasteiger partial charge is 0.410 e. The Labute approximate surface area is 186 Å². The van der Waals surface area contributed by atoms with Crippen LogP contribution in [-0.2, 0) is 11.2 Å². The third-order valence-corrected chi connectivity index (χ3v) is 5.72. The van der Waals surface area contributed by atoms with Crippen LogP contribution in [0.5, 0.6) is 0 Å². The van der Waals surface area contributed by atoms with Crippen LogP contribution in [0.4, 0.5) is 9.18 Å². The molecule has 1 aliphatic rings. The molecule has 0 aromatic heterocycles. The van der Waals surface area contributed by atoms with Crippen LogP contribution in [0.15, 0.2) is 18.2 Å². The van der Waals surface area contributed by atoms with E-state index in [0.29, 0.717) is 12.3 Å². The number of amides is 1. The van der Waals surface area contributed by atoms with Gasteiger partial charge in [-0.25, -0.2) is 9.18 Å². The van der Waals surface area contributed by atoms with Gasteiger partial charge in [-0.05, 0) is 83.4 Å². The average Bonchev–Trinajstić information content (AvgIpc) is 2.68. The Kier molecular flexibility index (Phi) is 9.48. The van der Waals surface area contributed by atoms with Crippen molar-refractivity contribution < 1.29 is 23.8 Å². The van der Waals surface area contributed by atoms with E-state index in [4.69, 9.17) is 4.74 Å². The molecule has 2 rings (SSSR count). The summed E-state index contributed by atoms with van der Waals surface area (Å²) in [6.45, 7) is 8.76. The van der Waals surface area contributed by atoms with Gasteiger partial charge < -0.3 is 14.7 Å². The molecule has 5 nitrogen and oxygen atoms in total. The second-order valence-electron chi connectivity index (χ2n) is 9.78. The number of carbonyl (C=O) groups excluding carboxylic acids is 2. The van der Waals surface area contributed by atoms with E-state index >= 15 is 0 Å².